The van der Waals surface area contributed by atoms with E-state index in [-0.39, 0.29) is 11.4 Å². The Kier molecular flexibility index (Phi) is 5.03. The third-order valence-electron chi connectivity index (χ3n) is 3.13. The smallest absolute Gasteiger partial charge is 0.171 e. The highest BCUT2D eigenvalue weighted by Crippen LogP contribution is 2.23. The zero-order chi connectivity index (χ0) is 14.6. The molecule has 0 fully saturated rings. The Balaban J connectivity index is 2.80. The number of ether oxygens (including phenoxy) is 1. The quantitative estimate of drug-likeness (QED) is 0.376. The average molecular weight is 286 g/mol. The van der Waals surface area contributed by atoms with Gasteiger partial charge in [-0.1, -0.05) is 16.8 Å². The summed E-state index contributed by atoms with van der Waals surface area (Å²) < 4.78 is 5.71. The number of oxime groups is 1. The Morgan fingerprint density at radius 2 is 2.11 bits per heavy atom. The van der Waals surface area contributed by atoms with Crippen LogP contribution in [0.3, 0.4) is 0 Å². The van der Waals surface area contributed by atoms with Gasteiger partial charge in [0.15, 0.2) is 5.84 Å². The minimum atomic E-state index is -0.0866. The van der Waals surface area contributed by atoms with Gasteiger partial charge in [0, 0.05) is 11.1 Å². The first-order valence-electron chi connectivity index (χ1n) is 5.85. The van der Waals surface area contributed by atoms with E-state index in [1.54, 1.807) is 18.2 Å². The molecule has 0 amide bonds. The Morgan fingerprint density at radius 3 is 2.58 bits per heavy atom. The second-order valence-electron chi connectivity index (χ2n) is 5.12. The van der Waals surface area contributed by atoms with Crippen molar-refractivity contribution in [3.63, 3.8) is 0 Å². The highest BCUT2D eigenvalue weighted by atomic mass is 35.5. The maximum Gasteiger partial charge on any atom is 0.171 e. The lowest BCUT2D eigenvalue weighted by molar-refractivity contribution is 0.114. The molecule has 5 nitrogen and oxygen atoms in total. The van der Waals surface area contributed by atoms with Gasteiger partial charge in [-0.05, 0) is 46.1 Å². The first-order valence-corrected chi connectivity index (χ1v) is 6.23. The van der Waals surface area contributed by atoms with Gasteiger partial charge in [-0.2, -0.15) is 0 Å². The number of hydrogen-bond acceptors (Lipinski definition) is 4. The second-order valence-corrected chi connectivity index (χ2v) is 5.53. The van der Waals surface area contributed by atoms with Crippen molar-refractivity contribution in [2.45, 2.75) is 19.4 Å². The van der Waals surface area contributed by atoms with Crippen molar-refractivity contribution in [1.82, 2.24) is 4.90 Å². The molecular formula is C13H20ClN3O2. The highest BCUT2D eigenvalue weighted by molar-refractivity contribution is 6.34. The van der Waals surface area contributed by atoms with Crippen molar-refractivity contribution in [2.24, 2.45) is 10.9 Å². The van der Waals surface area contributed by atoms with Crippen LogP contribution in [-0.2, 0) is 0 Å². The van der Waals surface area contributed by atoms with Crippen molar-refractivity contribution >= 4 is 17.4 Å². The summed E-state index contributed by atoms with van der Waals surface area (Å²) in [4.78, 5) is 2.08. The zero-order valence-corrected chi connectivity index (χ0v) is 12.4. The molecule has 0 heterocycles. The summed E-state index contributed by atoms with van der Waals surface area (Å²) >= 11 is 6.05. The third kappa shape index (κ3) is 4.01. The molecule has 0 radical (unpaired) electrons. The summed E-state index contributed by atoms with van der Waals surface area (Å²) in [6.45, 7) is 4.69. The second kappa shape index (κ2) is 6.12. The molecule has 1 aromatic carbocycles. The number of nitrogens with two attached hydrogens (primary N) is 1. The van der Waals surface area contributed by atoms with Crippen LogP contribution in [0.1, 0.15) is 19.4 Å². The summed E-state index contributed by atoms with van der Waals surface area (Å²) in [5.74, 6) is 0.625. The molecule has 0 aliphatic rings. The van der Waals surface area contributed by atoms with Crippen molar-refractivity contribution in [2.75, 3.05) is 20.7 Å². The fourth-order valence-corrected chi connectivity index (χ4v) is 1.50. The zero-order valence-electron chi connectivity index (χ0n) is 11.6. The Labute approximate surface area is 118 Å². The van der Waals surface area contributed by atoms with Gasteiger partial charge in [-0.15, -0.1) is 0 Å². The van der Waals surface area contributed by atoms with Crippen LogP contribution in [0.4, 0.5) is 0 Å². The normalized spacial score (nSPS) is 12.8. The first kappa shape index (κ1) is 15.6. The predicted octanol–water partition coefficient (Wildman–Crippen LogP) is 2.15. The fourth-order valence-electron chi connectivity index (χ4n) is 1.24. The van der Waals surface area contributed by atoms with E-state index in [4.69, 9.17) is 27.3 Å². The third-order valence-corrected chi connectivity index (χ3v) is 3.44. The summed E-state index contributed by atoms with van der Waals surface area (Å²) in [5.41, 5.74) is 5.88. The number of halogens is 1. The van der Waals surface area contributed by atoms with Crippen molar-refractivity contribution in [3.8, 4) is 5.75 Å². The van der Waals surface area contributed by atoms with Gasteiger partial charge in [0.25, 0.3) is 0 Å². The van der Waals surface area contributed by atoms with E-state index in [9.17, 15) is 0 Å². The maximum atomic E-state index is 8.62. The largest absolute Gasteiger partial charge is 0.492 e. The number of nitrogens with zero attached hydrogens (tertiary/aromatic N) is 2. The number of hydrogen-bond donors (Lipinski definition) is 2. The van der Waals surface area contributed by atoms with E-state index in [0.29, 0.717) is 22.9 Å². The number of rotatable bonds is 5. The van der Waals surface area contributed by atoms with E-state index in [1.807, 2.05) is 14.1 Å². The number of likely N-dealkylation sites (N-methyl/N-ethyl adjacent to an activating group) is 1. The summed E-state index contributed by atoms with van der Waals surface area (Å²) in [6.07, 6.45) is 0. The molecule has 0 aliphatic carbocycles. The van der Waals surface area contributed by atoms with Gasteiger partial charge >= 0.3 is 0 Å². The molecule has 1 rings (SSSR count). The van der Waals surface area contributed by atoms with E-state index in [0.717, 1.165) is 0 Å². The number of amidine groups is 1. The van der Waals surface area contributed by atoms with Crippen LogP contribution in [0.2, 0.25) is 5.02 Å². The van der Waals surface area contributed by atoms with Gasteiger partial charge in [0.1, 0.15) is 12.4 Å². The molecule has 0 aliphatic heterocycles. The van der Waals surface area contributed by atoms with E-state index >= 15 is 0 Å². The van der Waals surface area contributed by atoms with Gasteiger partial charge in [0.05, 0.1) is 5.02 Å². The standard InChI is InChI=1S/C13H20ClN3O2/c1-13(2,17(3)4)8-19-9-5-6-10(11(14)7-9)12(15)16-18/h5-7,18H,8H2,1-4H3,(H2,15,16). The average Bonchev–Trinajstić information content (AvgIpc) is 2.35. The lowest BCUT2D eigenvalue weighted by Crippen LogP contribution is -2.43. The van der Waals surface area contributed by atoms with Crippen LogP contribution in [0.25, 0.3) is 0 Å². The summed E-state index contributed by atoms with van der Waals surface area (Å²) in [5, 5.41) is 11.9. The predicted molar refractivity (Wildman–Crippen MR) is 77.2 cm³/mol. The number of benzene rings is 1. The molecular weight excluding hydrogens is 266 g/mol. The maximum absolute atomic E-state index is 8.62. The van der Waals surface area contributed by atoms with Crippen LogP contribution in [0.15, 0.2) is 23.4 Å². The molecule has 0 saturated carbocycles. The molecule has 0 saturated heterocycles. The summed E-state index contributed by atoms with van der Waals surface area (Å²) in [7, 11) is 4.00. The van der Waals surface area contributed by atoms with Crippen LogP contribution in [0.5, 0.6) is 5.75 Å². The van der Waals surface area contributed by atoms with E-state index in [2.05, 4.69) is 23.9 Å². The van der Waals surface area contributed by atoms with Crippen LogP contribution in [0, 0.1) is 0 Å². The molecule has 0 bridgehead atoms. The molecule has 0 spiro atoms. The van der Waals surface area contributed by atoms with E-state index < -0.39 is 0 Å². The van der Waals surface area contributed by atoms with Crippen molar-refractivity contribution in [1.29, 1.82) is 0 Å². The minimum Gasteiger partial charge on any atom is -0.492 e. The van der Waals surface area contributed by atoms with Crippen LogP contribution >= 0.6 is 11.6 Å². The monoisotopic (exact) mass is 285 g/mol. The molecule has 6 heteroatoms. The topological polar surface area (TPSA) is 71.1 Å². The van der Waals surface area contributed by atoms with Gasteiger partial charge in [0.2, 0.25) is 0 Å². The molecule has 106 valence electrons. The minimum absolute atomic E-state index is 0.0230. The Hall–Kier alpha value is -1.46. The molecule has 3 N–H and O–H groups in total. The van der Waals surface area contributed by atoms with Crippen LogP contribution in [-0.4, -0.2) is 42.2 Å². The molecule has 0 aromatic heterocycles. The Morgan fingerprint density at radius 1 is 1.47 bits per heavy atom. The fraction of sp³-hybridized carbons (Fsp3) is 0.462. The first-order chi connectivity index (χ1) is 8.77. The van der Waals surface area contributed by atoms with E-state index in [1.165, 1.54) is 0 Å². The van der Waals surface area contributed by atoms with Crippen molar-refractivity contribution < 1.29 is 9.94 Å². The summed E-state index contributed by atoms with van der Waals surface area (Å²) in [6, 6.07) is 5.06. The molecule has 1 aromatic rings. The molecule has 19 heavy (non-hydrogen) atoms. The molecule has 0 unspecified atom stereocenters. The Bertz CT molecular complexity index is 473. The van der Waals surface area contributed by atoms with Gasteiger partial charge in [-0.3, -0.25) is 0 Å². The van der Waals surface area contributed by atoms with Gasteiger partial charge in [-0.25, -0.2) is 0 Å². The highest BCUT2D eigenvalue weighted by Gasteiger charge is 2.21. The lowest BCUT2D eigenvalue weighted by Gasteiger charge is -2.32. The van der Waals surface area contributed by atoms with Crippen molar-refractivity contribution in [3.05, 3.63) is 28.8 Å². The molecule has 0 atom stereocenters. The lowest BCUT2D eigenvalue weighted by atomic mass is 10.1. The van der Waals surface area contributed by atoms with Crippen LogP contribution < -0.4 is 10.5 Å². The SMILES string of the molecule is CN(C)C(C)(C)COc1ccc(C(N)=NO)c(Cl)c1. The van der Waals surface area contributed by atoms with Gasteiger partial charge < -0.3 is 20.6 Å².